The number of nitrogens with zero attached hydrogens (tertiary/aromatic N) is 1. The molecular weight excluding hydrogens is 250 g/mol. The summed E-state index contributed by atoms with van der Waals surface area (Å²) in [6.07, 6.45) is 3.37. The van der Waals surface area contributed by atoms with Crippen LogP contribution in [-0.4, -0.2) is 17.1 Å². The number of hydrogen-bond acceptors (Lipinski definition) is 2. The summed E-state index contributed by atoms with van der Waals surface area (Å²) in [7, 11) is 0. The Morgan fingerprint density at radius 1 is 1.20 bits per heavy atom. The molecule has 0 unspecified atom stereocenters. The molecule has 0 aliphatic heterocycles. The van der Waals surface area contributed by atoms with Gasteiger partial charge in [-0.2, -0.15) is 5.10 Å². The van der Waals surface area contributed by atoms with E-state index in [0.29, 0.717) is 5.56 Å². The number of carbonyl (C=O) groups excluding carboxylic acids is 1. The van der Waals surface area contributed by atoms with Crippen LogP contribution in [0.3, 0.4) is 0 Å². The highest BCUT2D eigenvalue weighted by molar-refractivity contribution is 5.94. The van der Waals surface area contributed by atoms with E-state index in [1.807, 2.05) is 36.4 Å². The molecule has 0 fully saturated rings. The zero-order chi connectivity index (χ0) is 14.6. The van der Waals surface area contributed by atoms with Crippen LogP contribution in [0.5, 0.6) is 0 Å². The summed E-state index contributed by atoms with van der Waals surface area (Å²) in [5, 5.41) is 3.91. The van der Waals surface area contributed by atoms with Crippen molar-refractivity contribution in [1.82, 2.24) is 10.4 Å². The molecule has 4 nitrogen and oxygen atoms in total. The molecule has 0 aliphatic carbocycles. The van der Waals surface area contributed by atoms with Crippen LogP contribution in [0.1, 0.15) is 42.4 Å². The number of rotatable bonds is 3. The molecule has 0 saturated heterocycles. The minimum Gasteiger partial charge on any atom is -0.360 e. The predicted octanol–water partition coefficient (Wildman–Crippen LogP) is 3.08. The molecule has 0 radical (unpaired) electrons. The zero-order valence-corrected chi connectivity index (χ0v) is 12.0. The van der Waals surface area contributed by atoms with E-state index in [9.17, 15) is 4.79 Å². The number of H-pyrrole nitrogens is 1. The Kier molecular flexibility index (Phi) is 4.03. The van der Waals surface area contributed by atoms with E-state index in [4.69, 9.17) is 0 Å². The van der Waals surface area contributed by atoms with Crippen molar-refractivity contribution in [2.45, 2.75) is 26.2 Å². The lowest BCUT2D eigenvalue weighted by molar-refractivity contribution is 0.0955. The number of hydrazone groups is 1. The van der Waals surface area contributed by atoms with Gasteiger partial charge in [0.15, 0.2) is 0 Å². The molecule has 4 heteroatoms. The summed E-state index contributed by atoms with van der Waals surface area (Å²) >= 11 is 0. The smallest absolute Gasteiger partial charge is 0.271 e. The third-order valence-electron chi connectivity index (χ3n) is 3.00. The number of benzene rings is 1. The molecule has 2 rings (SSSR count). The fourth-order valence-electron chi connectivity index (χ4n) is 1.77. The fraction of sp³-hybridized carbons (Fsp3) is 0.250. The van der Waals surface area contributed by atoms with E-state index >= 15 is 0 Å². The number of nitrogens with one attached hydrogen (secondary N) is 2. The van der Waals surface area contributed by atoms with Crippen molar-refractivity contribution >= 4 is 12.1 Å². The van der Waals surface area contributed by atoms with Gasteiger partial charge in [-0.15, -0.1) is 0 Å². The van der Waals surface area contributed by atoms with E-state index in [0.717, 1.165) is 5.69 Å². The molecule has 104 valence electrons. The van der Waals surface area contributed by atoms with Gasteiger partial charge >= 0.3 is 0 Å². The molecule has 1 heterocycles. The maximum Gasteiger partial charge on any atom is 0.271 e. The van der Waals surface area contributed by atoms with Gasteiger partial charge in [-0.3, -0.25) is 4.79 Å². The molecule has 0 saturated carbocycles. The number of amides is 1. The van der Waals surface area contributed by atoms with E-state index in [1.165, 1.54) is 5.56 Å². The van der Waals surface area contributed by atoms with Gasteiger partial charge in [0.05, 0.1) is 11.9 Å². The van der Waals surface area contributed by atoms with E-state index in [2.05, 4.69) is 36.3 Å². The van der Waals surface area contributed by atoms with Crippen LogP contribution in [0.2, 0.25) is 0 Å². The molecule has 20 heavy (non-hydrogen) atoms. The van der Waals surface area contributed by atoms with Crippen LogP contribution in [-0.2, 0) is 5.41 Å². The summed E-state index contributed by atoms with van der Waals surface area (Å²) < 4.78 is 0. The first-order chi connectivity index (χ1) is 9.47. The van der Waals surface area contributed by atoms with Gasteiger partial charge in [0.1, 0.15) is 0 Å². The van der Waals surface area contributed by atoms with Crippen molar-refractivity contribution in [3.63, 3.8) is 0 Å². The fourth-order valence-corrected chi connectivity index (χ4v) is 1.77. The Morgan fingerprint density at radius 2 is 1.90 bits per heavy atom. The molecule has 2 aromatic rings. The van der Waals surface area contributed by atoms with Crippen LogP contribution in [0, 0.1) is 0 Å². The molecule has 0 spiro atoms. The molecule has 0 bridgehead atoms. The standard InChI is InChI=1S/C16H19N3O/c1-16(2,3)13-8-6-12(7-9-13)15(20)19-18-11-14-5-4-10-17-14/h4-11,17H,1-3H3,(H,19,20). The number of hydrogen-bond donors (Lipinski definition) is 2. The third kappa shape index (κ3) is 3.57. The Balaban J connectivity index is 1.99. The van der Waals surface area contributed by atoms with Crippen LogP contribution >= 0.6 is 0 Å². The second-order valence-electron chi connectivity index (χ2n) is 5.65. The van der Waals surface area contributed by atoms with E-state index in [-0.39, 0.29) is 11.3 Å². The lowest BCUT2D eigenvalue weighted by atomic mass is 9.87. The zero-order valence-electron chi connectivity index (χ0n) is 12.0. The SMILES string of the molecule is CC(C)(C)c1ccc(C(=O)NN=Cc2ccc[nH]2)cc1. The maximum atomic E-state index is 11.9. The summed E-state index contributed by atoms with van der Waals surface area (Å²) in [4.78, 5) is 14.9. The van der Waals surface area contributed by atoms with Crippen molar-refractivity contribution < 1.29 is 4.79 Å². The highest BCUT2D eigenvalue weighted by Gasteiger charge is 2.13. The average molecular weight is 269 g/mol. The van der Waals surface area contributed by atoms with Gasteiger partial charge in [-0.1, -0.05) is 32.9 Å². The first kappa shape index (κ1) is 14.1. The first-order valence-corrected chi connectivity index (χ1v) is 6.54. The Hall–Kier alpha value is -2.36. The van der Waals surface area contributed by atoms with Gasteiger partial charge in [0, 0.05) is 11.8 Å². The largest absolute Gasteiger partial charge is 0.360 e. The van der Waals surface area contributed by atoms with Crippen molar-refractivity contribution in [3.05, 3.63) is 59.4 Å². The van der Waals surface area contributed by atoms with Crippen molar-refractivity contribution in [2.24, 2.45) is 5.10 Å². The van der Waals surface area contributed by atoms with Gasteiger partial charge in [0.25, 0.3) is 5.91 Å². The van der Waals surface area contributed by atoms with Gasteiger partial charge in [-0.25, -0.2) is 5.43 Å². The predicted molar refractivity (Wildman–Crippen MR) is 81.0 cm³/mol. The molecule has 0 atom stereocenters. The minimum atomic E-state index is -0.215. The summed E-state index contributed by atoms with van der Waals surface area (Å²) in [5.41, 5.74) is 5.23. The molecular formula is C16H19N3O. The van der Waals surface area contributed by atoms with Crippen LogP contribution in [0.15, 0.2) is 47.7 Å². The van der Waals surface area contributed by atoms with Gasteiger partial charge < -0.3 is 4.98 Å². The van der Waals surface area contributed by atoms with Crippen molar-refractivity contribution in [2.75, 3.05) is 0 Å². The Morgan fingerprint density at radius 3 is 2.45 bits per heavy atom. The summed E-state index contributed by atoms with van der Waals surface area (Å²) in [5.74, 6) is -0.215. The van der Waals surface area contributed by atoms with Crippen molar-refractivity contribution in [3.8, 4) is 0 Å². The third-order valence-corrected chi connectivity index (χ3v) is 3.00. The molecule has 1 aromatic heterocycles. The minimum absolute atomic E-state index is 0.0841. The molecule has 2 N–H and O–H groups in total. The van der Waals surface area contributed by atoms with Crippen LogP contribution < -0.4 is 5.43 Å². The second-order valence-corrected chi connectivity index (χ2v) is 5.65. The van der Waals surface area contributed by atoms with Gasteiger partial charge in [-0.05, 0) is 35.2 Å². The van der Waals surface area contributed by atoms with E-state index in [1.54, 1.807) is 12.4 Å². The summed E-state index contributed by atoms with van der Waals surface area (Å²) in [6.45, 7) is 6.42. The number of carbonyl (C=O) groups is 1. The normalized spacial score (nSPS) is 11.8. The quantitative estimate of drug-likeness (QED) is 0.653. The lowest BCUT2D eigenvalue weighted by Gasteiger charge is -2.18. The monoisotopic (exact) mass is 269 g/mol. The Bertz CT molecular complexity index is 590. The van der Waals surface area contributed by atoms with Crippen molar-refractivity contribution in [1.29, 1.82) is 0 Å². The van der Waals surface area contributed by atoms with E-state index < -0.39 is 0 Å². The molecule has 1 amide bonds. The van der Waals surface area contributed by atoms with Crippen LogP contribution in [0.4, 0.5) is 0 Å². The average Bonchev–Trinajstić information content (AvgIpc) is 2.91. The highest BCUT2D eigenvalue weighted by atomic mass is 16.2. The Labute approximate surface area is 118 Å². The number of aromatic nitrogens is 1. The highest BCUT2D eigenvalue weighted by Crippen LogP contribution is 2.22. The van der Waals surface area contributed by atoms with Crippen LogP contribution in [0.25, 0.3) is 0 Å². The maximum absolute atomic E-state index is 11.9. The summed E-state index contributed by atoms with van der Waals surface area (Å²) in [6, 6.07) is 11.3. The molecule has 1 aromatic carbocycles. The topological polar surface area (TPSA) is 57.2 Å². The first-order valence-electron chi connectivity index (χ1n) is 6.54. The number of aromatic amines is 1. The molecule has 0 aliphatic rings. The van der Waals surface area contributed by atoms with Gasteiger partial charge in [0.2, 0.25) is 0 Å². The second kappa shape index (κ2) is 5.74. The lowest BCUT2D eigenvalue weighted by Crippen LogP contribution is -2.18.